The molecule has 1 aromatic carbocycles. The molecule has 3 aromatic heterocycles. The number of aliphatic hydroxyl groups is 1. The van der Waals surface area contributed by atoms with Crippen molar-refractivity contribution in [1.29, 1.82) is 5.26 Å². The fourth-order valence-electron chi connectivity index (χ4n) is 6.61. The van der Waals surface area contributed by atoms with Gasteiger partial charge in [0.05, 0.1) is 30.1 Å². The monoisotopic (exact) mass is 601 g/mol. The van der Waals surface area contributed by atoms with E-state index in [0.29, 0.717) is 53.8 Å². The first kappa shape index (κ1) is 27.8. The van der Waals surface area contributed by atoms with Crippen molar-refractivity contribution in [3.8, 4) is 17.3 Å². The number of carbonyl (C=O) groups excluding carboxylic acids is 1. The molecular formula is C31H32FN7O3S. The minimum atomic E-state index is -1.38. The van der Waals surface area contributed by atoms with Crippen LogP contribution in [0.1, 0.15) is 29.6 Å². The number of thiazole rings is 1. The van der Waals surface area contributed by atoms with E-state index in [1.165, 1.54) is 23.5 Å². The molecule has 10 nitrogen and oxygen atoms in total. The molecule has 0 radical (unpaired) electrons. The molecule has 3 aliphatic rings. The van der Waals surface area contributed by atoms with Gasteiger partial charge in [-0.2, -0.15) is 10.4 Å². The number of pyridine rings is 1. The summed E-state index contributed by atoms with van der Waals surface area (Å²) >= 11 is 1.30. The van der Waals surface area contributed by atoms with Crippen LogP contribution in [0, 0.1) is 29.5 Å². The topological polar surface area (TPSA) is 110 Å². The molecule has 3 aliphatic heterocycles. The van der Waals surface area contributed by atoms with Gasteiger partial charge in [0.1, 0.15) is 22.5 Å². The molecule has 43 heavy (non-hydrogen) atoms. The van der Waals surface area contributed by atoms with E-state index in [-0.39, 0.29) is 23.7 Å². The van der Waals surface area contributed by atoms with Gasteiger partial charge >= 0.3 is 0 Å². The number of fused-ring (bicyclic) bond motifs is 1. The third kappa shape index (κ3) is 4.45. The number of aromatic nitrogens is 3. The predicted molar refractivity (Wildman–Crippen MR) is 161 cm³/mol. The number of carbonyl (C=O) groups is 1. The Morgan fingerprint density at radius 3 is 2.63 bits per heavy atom. The molecule has 4 aromatic rings. The van der Waals surface area contributed by atoms with Crippen LogP contribution in [-0.2, 0) is 16.0 Å². The van der Waals surface area contributed by atoms with E-state index >= 15 is 0 Å². The number of halogens is 1. The zero-order chi connectivity index (χ0) is 30.1. The fraction of sp³-hybridized carbons (Fsp3) is 0.419. The summed E-state index contributed by atoms with van der Waals surface area (Å²) in [4.78, 5) is 24.2. The second kappa shape index (κ2) is 10.0. The van der Waals surface area contributed by atoms with Crippen molar-refractivity contribution in [2.45, 2.75) is 32.3 Å². The molecule has 0 aliphatic carbocycles. The lowest BCUT2D eigenvalue weighted by atomic mass is 9.72. The van der Waals surface area contributed by atoms with Gasteiger partial charge < -0.3 is 24.5 Å². The summed E-state index contributed by atoms with van der Waals surface area (Å²) in [6, 6.07) is 12.6. The Kier molecular flexibility index (Phi) is 6.46. The van der Waals surface area contributed by atoms with Gasteiger partial charge in [0.25, 0.3) is 5.91 Å². The van der Waals surface area contributed by atoms with Gasteiger partial charge in [0, 0.05) is 62.0 Å². The maximum atomic E-state index is 13.5. The zero-order valence-corrected chi connectivity index (χ0v) is 25.1. The van der Waals surface area contributed by atoms with Gasteiger partial charge in [-0.25, -0.2) is 13.9 Å². The zero-order valence-electron chi connectivity index (χ0n) is 24.3. The molecule has 1 atom stereocenters. The quantitative estimate of drug-likeness (QED) is 0.354. The molecule has 6 heterocycles. The summed E-state index contributed by atoms with van der Waals surface area (Å²) < 4.78 is 20.8. The van der Waals surface area contributed by atoms with Gasteiger partial charge in [-0.05, 0) is 49.7 Å². The second-order valence-electron chi connectivity index (χ2n) is 12.0. The predicted octanol–water partition coefficient (Wildman–Crippen LogP) is 3.91. The van der Waals surface area contributed by atoms with E-state index in [4.69, 9.17) is 14.8 Å². The molecule has 12 heteroatoms. The van der Waals surface area contributed by atoms with Crippen molar-refractivity contribution in [3.05, 3.63) is 58.5 Å². The van der Waals surface area contributed by atoms with E-state index in [2.05, 4.69) is 30.0 Å². The van der Waals surface area contributed by atoms with Crippen LogP contribution in [0.5, 0.6) is 0 Å². The molecule has 3 fully saturated rings. The van der Waals surface area contributed by atoms with E-state index in [1.807, 2.05) is 23.4 Å². The van der Waals surface area contributed by atoms with Crippen LogP contribution in [0.2, 0.25) is 0 Å². The van der Waals surface area contributed by atoms with Gasteiger partial charge in [-0.3, -0.25) is 4.79 Å². The van der Waals surface area contributed by atoms with Crippen molar-refractivity contribution in [2.24, 2.45) is 5.41 Å². The highest BCUT2D eigenvalue weighted by molar-refractivity contribution is 7.16. The van der Waals surface area contributed by atoms with Gasteiger partial charge in [0.2, 0.25) is 0 Å². The summed E-state index contributed by atoms with van der Waals surface area (Å²) in [6.07, 6.45) is 1.07. The first-order valence-corrected chi connectivity index (χ1v) is 15.2. The van der Waals surface area contributed by atoms with Crippen LogP contribution in [0.4, 0.5) is 20.9 Å². The van der Waals surface area contributed by atoms with Crippen molar-refractivity contribution in [1.82, 2.24) is 19.5 Å². The lowest BCUT2D eigenvalue weighted by Gasteiger charge is -2.61. The van der Waals surface area contributed by atoms with E-state index in [0.717, 1.165) is 41.4 Å². The van der Waals surface area contributed by atoms with Crippen LogP contribution in [0.15, 0.2) is 36.4 Å². The maximum absolute atomic E-state index is 13.5. The molecule has 222 valence electrons. The third-order valence-corrected chi connectivity index (χ3v) is 9.93. The van der Waals surface area contributed by atoms with Crippen LogP contribution in [0.25, 0.3) is 16.8 Å². The Morgan fingerprint density at radius 2 is 1.98 bits per heavy atom. The van der Waals surface area contributed by atoms with Crippen LogP contribution in [-0.4, -0.2) is 82.6 Å². The Hall–Kier alpha value is -4.05. The van der Waals surface area contributed by atoms with Crippen LogP contribution in [0.3, 0.4) is 0 Å². The molecule has 1 unspecified atom stereocenters. The van der Waals surface area contributed by atoms with Gasteiger partial charge in [-0.15, -0.1) is 0 Å². The molecule has 1 N–H and O–H groups in total. The minimum Gasteiger partial charge on any atom is -0.378 e. The molecule has 1 amide bonds. The largest absolute Gasteiger partial charge is 0.378 e. The molecule has 3 saturated heterocycles. The number of nitriles is 1. The number of benzene rings is 1. The highest BCUT2D eigenvalue weighted by Crippen LogP contribution is 2.45. The standard InChI is InChI=1S/C31H32FN7O3S/c1-4-23-27(36(3)29-34-26(25(13-33)43-29)20-5-7-21(32)8-6-20)24-12-22(11-19(2)39(24)35-23)37-14-30(15-37)16-38(17-30)28(40)31(41)9-10-42-18-31/h5-8,11-12,41H,4,9-10,14-18H2,1-3H3. The van der Waals surface area contributed by atoms with Gasteiger partial charge in [-0.1, -0.05) is 18.3 Å². The number of aryl methyl sites for hydroxylation is 2. The number of nitrogens with zero attached hydrogens (tertiary/aromatic N) is 7. The summed E-state index contributed by atoms with van der Waals surface area (Å²) in [5.41, 5.74) is 4.78. The van der Waals surface area contributed by atoms with E-state index in [9.17, 15) is 19.6 Å². The number of ether oxygens (including phenoxy) is 1. The van der Waals surface area contributed by atoms with Gasteiger partial charge in [0.15, 0.2) is 10.7 Å². The SMILES string of the molecule is CCc1nn2c(C)cc(N3CC4(CN(C(=O)C5(O)CCOC5)C4)C3)cc2c1N(C)c1nc(-c2ccc(F)cc2)c(C#N)s1. The highest BCUT2D eigenvalue weighted by atomic mass is 32.1. The average Bonchev–Trinajstić information content (AvgIpc) is 3.69. The Morgan fingerprint density at radius 1 is 1.23 bits per heavy atom. The second-order valence-corrected chi connectivity index (χ2v) is 13.0. The van der Waals surface area contributed by atoms with Crippen LogP contribution >= 0.6 is 11.3 Å². The van der Waals surface area contributed by atoms with Crippen LogP contribution < -0.4 is 9.80 Å². The molecule has 7 rings (SSSR count). The summed E-state index contributed by atoms with van der Waals surface area (Å²) in [5, 5.41) is 26.0. The highest BCUT2D eigenvalue weighted by Gasteiger charge is 2.56. The summed E-state index contributed by atoms with van der Waals surface area (Å²) in [5.74, 6) is -0.552. The molecule has 0 bridgehead atoms. The van der Waals surface area contributed by atoms with E-state index < -0.39 is 5.60 Å². The number of hydrogen-bond acceptors (Lipinski definition) is 9. The fourth-order valence-corrected chi connectivity index (χ4v) is 7.46. The lowest BCUT2D eigenvalue weighted by Crippen LogP contribution is -2.74. The maximum Gasteiger partial charge on any atom is 0.257 e. The minimum absolute atomic E-state index is 0.0469. The Bertz CT molecular complexity index is 1770. The number of amides is 1. The normalized spacial score (nSPS) is 20.7. The number of anilines is 3. The number of likely N-dealkylation sites (tertiary alicyclic amines) is 1. The van der Waals surface area contributed by atoms with Crippen molar-refractivity contribution >= 4 is 39.3 Å². The van der Waals surface area contributed by atoms with Crippen molar-refractivity contribution < 1.29 is 19.0 Å². The summed E-state index contributed by atoms with van der Waals surface area (Å²) in [6.45, 7) is 7.57. The average molecular weight is 602 g/mol. The number of rotatable bonds is 6. The first-order valence-electron chi connectivity index (χ1n) is 14.4. The Balaban J connectivity index is 1.15. The Labute approximate surface area is 252 Å². The molecule has 1 spiro atoms. The third-order valence-electron chi connectivity index (χ3n) is 8.89. The van der Waals surface area contributed by atoms with Crippen molar-refractivity contribution in [2.75, 3.05) is 56.2 Å². The molecular weight excluding hydrogens is 569 g/mol. The summed E-state index contributed by atoms with van der Waals surface area (Å²) in [7, 11) is 1.94. The first-order chi connectivity index (χ1) is 20.6. The molecule has 0 saturated carbocycles. The van der Waals surface area contributed by atoms with Crippen molar-refractivity contribution in [3.63, 3.8) is 0 Å². The number of hydrogen-bond donors (Lipinski definition) is 1. The van der Waals surface area contributed by atoms with E-state index in [1.54, 1.807) is 17.0 Å². The lowest BCUT2D eigenvalue weighted by molar-refractivity contribution is -0.165. The smallest absolute Gasteiger partial charge is 0.257 e.